The van der Waals surface area contributed by atoms with Gasteiger partial charge in [0.05, 0.1) is 16.8 Å². The van der Waals surface area contributed by atoms with Gasteiger partial charge in [-0.1, -0.05) is 36.0 Å². The molecule has 0 aliphatic carbocycles. The molecule has 2 N–H and O–H groups in total. The van der Waals surface area contributed by atoms with Crippen LogP contribution in [0.25, 0.3) is 27.7 Å². The summed E-state index contributed by atoms with van der Waals surface area (Å²) in [5, 5.41) is 20.2. The maximum Gasteiger partial charge on any atom is 0.257 e. The normalized spacial score (nSPS) is 12.3. The maximum absolute atomic E-state index is 10.3. The molecule has 2 heterocycles. The van der Waals surface area contributed by atoms with Gasteiger partial charge in [-0.25, -0.2) is 9.97 Å². The van der Waals surface area contributed by atoms with Crippen LogP contribution in [0.4, 0.5) is 0 Å². The van der Waals surface area contributed by atoms with Gasteiger partial charge in [-0.3, -0.25) is 0 Å². The molecule has 0 aliphatic heterocycles. The van der Waals surface area contributed by atoms with Crippen molar-refractivity contribution in [1.29, 1.82) is 5.26 Å². The van der Waals surface area contributed by atoms with Crippen LogP contribution in [0.5, 0.6) is 0 Å². The van der Waals surface area contributed by atoms with E-state index in [0.29, 0.717) is 16.6 Å². The molecule has 0 unspecified atom stereocenters. The number of thioether (sulfide) groups is 1. The Hall–Kier alpha value is -3.24. The number of oxazole rings is 1. The van der Waals surface area contributed by atoms with E-state index in [1.54, 1.807) is 0 Å². The number of aliphatic hydroxyl groups excluding tert-OH is 1. The van der Waals surface area contributed by atoms with Crippen LogP contribution in [-0.4, -0.2) is 25.8 Å². The summed E-state index contributed by atoms with van der Waals surface area (Å²) in [7, 11) is 0. The number of H-pyrrole nitrogens is 1. The lowest BCUT2D eigenvalue weighted by Gasteiger charge is -2.00. The second kappa shape index (κ2) is 6.34. The summed E-state index contributed by atoms with van der Waals surface area (Å²) in [6, 6.07) is 16.9. The summed E-state index contributed by atoms with van der Waals surface area (Å²) in [6.45, 7) is 0. The molecule has 0 saturated carbocycles. The van der Waals surface area contributed by atoms with Crippen molar-refractivity contribution >= 4 is 39.5 Å². The molecule has 0 bridgehead atoms. The number of nitrogens with one attached hydrogen (secondary N) is 1. The van der Waals surface area contributed by atoms with Gasteiger partial charge in [0.25, 0.3) is 5.22 Å². The summed E-state index contributed by atoms with van der Waals surface area (Å²) in [6.07, 6.45) is 0. The van der Waals surface area contributed by atoms with E-state index < -0.39 is 0 Å². The molecule has 0 atom stereocenters. The Morgan fingerprint density at radius 2 is 1.88 bits per heavy atom. The van der Waals surface area contributed by atoms with Gasteiger partial charge in [-0.2, -0.15) is 5.26 Å². The summed E-state index contributed by atoms with van der Waals surface area (Å²) < 4.78 is 5.60. The Balaban J connectivity index is 1.60. The Kier molecular flexibility index (Phi) is 3.88. The van der Waals surface area contributed by atoms with Crippen LogP contribution >= 0.6 is 11.8 Å². The average Bonchev–Trinajstić information content (AvgIpc) is 3.23. The molecule has 0 radical (unpaired) electrons. The van der Waals surface area contributed by atoms with Crippen LogP contribution < -0.4 is 0 Å². The smallest absolute Gasteiger partial charge is 0.257 e. The van der Waals surface area contributed by atoms with Gasteiger partial charge in [0, 0.05) is 0 Å². The standard InChI is InChI=1S/C18H12N4O2S/c19-9-11(17-20-12-5-1-2-6-13(12)21-17)15(23)10-25-18-22-14-7-3-4-8-16(14)24-18/h1-8,23H,10H2,(H,20,21). The van der Waals surface area contributed by atoms with E-state index in [1.807, 2.05) is 54.6 Å². The maximum atomic E-state index is 10.3. The highest BCUT2D eigenvalue weighted by molar-refractivity contribution is 7.99. The number of aromatic amines is 1. The molecular weight excluding hydrogens is 336 g/mol. The third kappa shape index (κ3) is 2.95. The Labute approximate surface area is 146 Å². The molecule has 4 aromatic rings. The Morgan fingerprint density at radius 3 is 2.64 bits per heavy atom. The lowest BCUT2D eigenvalue weighted by atomic mass is 10.2. The van der Waals surface area contributed by atoms with E-state index in [2.05, 4.69) is 15.0 Å². The highest BCUT2D eigenvalue weighted by atomic mass is 32.2. The number of nitrogens with zero attached hydrogens (tertiary/aromatic N) is 3. The lowest BCUT2D eigenvalue weighted by Crippen LogP contribution is -1.95. The van der Waals surface area contributed by atoms with E-state index in [1.165, 1.54) is 11.8 Å². The van der Waals surface area contributed by atoms with Crippen LogP contribution in [0, 0.1) is 11.3 Å². The fourth-order valence-electron chi connectivity index (χ4n) is 2.44. The van der Waals surface area contributed by atoms with Crippen molar-refractivity contribution in [1.82, 2.24) is 15.0 Å². The van der Waals surface area contributed by atoms with Crippen molar-refractivity contribution in [2.75, 3.05) is 5.75 Å². The summed E-state index contributed by atoms with van der Waals surface area (Å²) in [5.41, 5.74) is 3.10. The predicted octanol–water partition coefficient (Wildman–Crippen LogP) is 4.29. The van der Waals surface area contributed by atoms with Crippen LogP contribution in [0.2, 0.25) is 0 Å². The number of hydrogen-bond donors (Lipinski definition) is 2. The topological polar surface area (TPSA) is 98.7 Å². The summed E-state index contributed by atoms with van der Waals surface area (Å²) >= 11 is 1.22. The van der Waals surface area contributed by atoms with Crippen molar-refractivity contribution in [2.45, 2.75) is 5.22 Å². The van der Waals surface area contributed by atoms with Crippen LogP contribution in [-0.2, 0) is 0 Å². The number of hydrogen-bond acceptors (Lipinski definition) is 6. The molecule has 122 valence electrons. The van der Waals surface area contributed by atoms with Gasteiger partial charge >= 0.3 is 0 Å². The van der Waals surface area contributed by atoms with Crippen molar-refractivity contribution in [3.05, 3.63) is 60.1 Å². The lowest BCUT2D eigenvalue weighted by molar-refractivity contribution is 0.419. The summed E-state index contributed by atoms with van der Waals surface area (Å²) in [5.74, 6) is 0.431. The minimum absolute atomic E-state index is 0.0752. The number of rotatable bonds is 4. The first kappa shape index (κ1) is 15.3. The van der Waals surface area contributed by atoms with Crippen molar-refractivity contribution < 1.29 is 9.52 Å². The SMILES string of the molecule is N#CC(=C(O)CSc1nc2ccccc2o1)c1nc2ccccc2[nH]1. The average molecular weight is 348 g/mol. The molecule has 4 rings (SSSR count). The molecule has 0 saturated heterocycles. The monoisotopic (exact) mass is 348 g/mol. The van der Waals surface area contributed by atoms with Crippen molar-refractivity contribution in [3.63, 3.8) is 0 Å². The van der Waals surface area contributed by atoms with Gasteiger partial charge in [0.15, 0.2) is 11.4 Å². The van der Waals surface area contributed by atoms with E-state index in [0.717, 1.165) is 16.6 Å². The second-order valence-corrected chi connectivity index (χ2v) is 6.20. The first-order valence-electron chi connectivity index (χ1n) is 7.50. The minimum Gasteiger partial charge on any atom is -0.510 e. The van der Waals surface area contributed by atoms with Crippen molar-refractivity contribution in [3.8, 4) is 6.07 Å². The summed E-state index contributed by atoms with van der Waals surface area (Å²) in [4.78, 5) is 11.7. The zero-order chi connectivity index (χ0) is 17.2. The first-order valence-corrected chi connectivity index (χ1v) is 8.49. The predicted molar refractivity (Wildman–Crippen MR) is 96.0 cm³/mol. The number of imidazole rings is 1. The number of para-hydroxylation sites is 4. The minimum atomic E-state index is -0.0752. The van der Waals surface area contributed by atoms with Crippen LogP contribution in [0.1, 0.15) is 5.82 Å². The van der Waals surface area contributed by atoms with E-state index in [4.69, 9.17) is 4.42 Å². The molecule has 7 heteroatoms. The number of aliphatic hydroxyl groups is 1. The third-order valence-electron chi connectivity index (χ3n) is 3.63. The number of benzene rings is 2. The fourth-order valence-corrected chi connectivity index (χ4v) is 3.16. The van der Waals surface area contributed by atoms with Gasteiger partial charge in [-0.15, -0.1) is 0 Å². The van der Waals surface area contributed by atoms with Gasteiger partial charge in [-0.05, 0) is 24.3 Å². The molecule has 0 fully saturated rings. The molecular formula is C18H12N4O2S. The van der Waals surface area contributed by atoms with Gasteiger partial charge in [0.1, 0.15) is 22.9 Å². The van der Waals surface area contributed by atoms with Crippen LogP contribution in [0.3, 0.4) is 0 Å². The molecule has 2 aromatic carbocycles. The zero-order valence-electron chi connectivity index (χ0n) is 12.9. The Morgan fingerprint density at radius 1 is 1.12 bits per heavy atom. The van der Waals surface area contributed by atoms with E-state index >= 15 is 0 Å². The molecule has 0 spiro atoms. The molecule has 0 amide bonds. The van der Waals surface area contributed by atoms with E-state index in [-0.39, 0.29) is 17.1 Å². The van der Waals surface area contributed by atoms with E-state index in [9.17, 15) is 10.4 Å². The first-order chi connectivity index (χ1) is 12.2. The largest absolute Gasteiger partial charge is 0.510 e. The number of aromatic nitrogens is 3. The molecule has 6 nitrogen and oxygen atoms in total. The Bertz CT molecular complexity index is 1070. The van der Waals surface area contributed by atoms with Gasteiger partial charge in [0.2, 0.25) is 0 Å². The van der Waals surface area contributed by atoms with Gasteiger partial charge < -0.3 is 14.5 Å². The third-order valence-corrected chi connectivity index (χ3v) is 4.47. The van der Waals surface area contributed by atoms with Crippen LogP contribution in [0.15, 0.2) is 63.9 Å². The van der Waals surface area contributed by atoms with Crippen molar-refractivity contribution in [2.24, 2.45) is 0 Å². The second-order valence-electron chi connectivity index (χ2n) is 5.27. The number of allylic oxidation sites excluding steroid dienone is 1. The molecule has 25 heavy (non-hydrogen) atoms. The molecule has 2 aromatic heterocycles. The highest BCUT2D eigenvalue weighted by Crippen LogP contribution is 2.26. The fraction of sp³-hybridized carbons (Fsp3) is 0.0556. The number of nitriles is 1. The highest BCUT2D eigenvalue weighted by Gasteiger charge is 2.15. The zero-order valence-corrected chi connectivity index (χ0v) is 13.7. The molecule has 0 aliphatic rings. The quantitative estimate of drug-likeness (QED) is 0.324. The number of fused-ring (bicyclic) bond motifs is 2.